The van der Waals surface area contributed by atoms with E-state index in [0.29, 0.717) is 33.3 Å². The van der Waals surface area contributed by atoms with E-state index in [2.05, 4.69) is 27.4 Å². The Morgan fingerprint density at radius 3 is 2.59 bits per heavy atom. The first-order chi connectivity index (χ1) is 15.4. The van der Waals surface area contributed by atoms with Crippen LogP contribution in [-0.2, 0) is 22.6 Å². The molecule has 3 aromatic rings. The molecule has 2 N–H and O–H groups in total. The first-order valence-corrected chi connectivity index (χ1v) is 11.1. The average molecular weight is 494 g/mol. The Morgan fingerprint density at radius 1 is 1.09 bits per heavy atom. The van der Waals surface area contributed by atoms with Crippen molar-refractivity contribution in [3.8, 4) is 0 Å². The van der Waals surface area contributed by atoms with Gasteiger partial charge in [-0.3, -0.25) is 9.59 Å². The number of halogens is 3. The summed E-state index contributed by atoms with van der Waals surface area (Å²) >= 11 is 13.1. The highest BCUT2D eigenvalue weighted by atomic mass is 35.5. The largest absolute Gasteiger partial charge is 0.324 e. The molecule has 1 aromatic heterocycles. The van der Waals surface area contributed by atoms with E-state index in [-0.39, 0.29) is 23.8 Å². The van der Waals surface area contributed by atoms with E-state index in [1.54, 1.807) is 34.9 Å². The number of nitrogens with zero attached hydrogens (tertiary/aromatic N) is 3. The summed E-state index contributed by atoms with van der Waals surface area (Å²) in [7, 11) is 0. The molecule has 3 rings (SSSR count). The minimum atomic E-state index is -0.532. The highest BCUT2D eigenvalue weighted by Crippen LogP contribution is 2.26. The van der Waals surface area contributed by atoms with Crippen LogP contribution >= 0.6 is 35.0 Å². The Hall–Kier alpha value is -2.88. The van der Waals surface area contributed by atoms with Crippen LogP contribution in [0, 0.1) is 5.82 Å². The Balaban J connectivity index is 1.64. The van der Waals surface area contributed by atoms with E-state index in [0.717, 1.165) is 11.8 Å². The molecule has 32 heavy (non-hydrogen) atoms. The summed E-state index contributed by atoms with van der Waals surface area (Å²) in [5.41, 5.74) is 0.487. The van der Waals surface area contributed by atoms with Crippen molar-refractivity contribution in [2.45, 2.75) is 18.1 Å². The van der Waals surface area contributed by atoms with Crippen molar-refractivity contribution in [3.05, 3.63) is 76.8 Å². The van der Waals surface area contributed by atoms with Gasteiger partial charge in [-0.2, -0.15) is 0 Å². The van der Waals surface area contributed by atoms with Gasteiger partial charge in [0, 0.05) is 11.6 Å². The van der Waals surface area contributed by atoms with Crippen molar-refractivity contribution in [3.63, 3.8) is 0 Å². The van der Waals surface area contributed by atoms with Gasteiger partial charge in [-0.15, -0.1) is 16.8 Å². The summed E-state index contributed by atoms with van der Waals surface area (Å²) in [4.78, 5) is 24.7. The second-order valence-electron chi connectivity index (χ2n) is 6.46. The first-order valence-electron chi connectivity index (χ1n) is 9.32. The van der Waals surface area contributed by atoms with Gasteiger partial charge in [0.2, 0.25) is 11.8 Å². The third kappa shape index (κ3) is 6.32. The molecule has 0 aliphatic heterocycles. The number of nitrogens with one attached hydrogen (secondary N) is 2. The number of allylic oxidation sites excluding steroid dienone is 1. The lowest BCUT2D eigenvalue weighted by Crippen LogP contribution is -2.18. The summed E-state index contributed by atoms with van der Waals surface area (Å²) in [6.45, 7) is 4.04. The normalized spacial score (nSPS) is 10.6. The zero-order chi connectivity index (χ0) is 23.1. The van der Waals surface area contributed by atoms with Crippen LogP contribution in [0.5, 0.6) is 0 Å². The minimum Gasteiger partial charge on any atom is -0.324 e. The lowest BCUT2D eigenvalue weighted by molar-refractivity contribution is -0.116. The zero-order valence-corrected chi connectivity index (χ0v) is 19.0. The molecule has 1 heterocycles. The highest BCUT2D eigenvalue weighted by molar-refractivity contribution is 7.99. The number of rotatable bonds is 9. The first kappa shape index (κ1) is 23.8. The lowest BCUT2D eigenvalue weighted by atomic mass is 10.3. The Labute approximate surface area is 198 Å². The monoisotopic (exact) mass is 493 g/mol. The standard InChI is InChI=1S/C21H18Cl2FN5O2S/c1-2-9-29-18(11-19(30)25-16-6-4-3-5-15(16)24)27-28-21(29)32-12-20(31)26-17-10-13(22)7-8-14(17)23/h2-8,10H,1,9,11-12H2,(H,25,30)(H,26,31). The van der Waals surface area contributed by atoms with Gasteiger partial charge in [-0.1, -0.05) is 53.2 Å². The molecule has 0 aliphatic rings. The van der Waals surface area contributed by atoms with Crippen LogP contribution in [0.4, 0.5) is 15.8 Å². The molecular weight excluding hydrogens is 476 g/mol. The van der Waals surface area contributed by atoms with Gasteiger partial charge in [0.25, 0.3) is 0 Å². The zero-order valence-electron chi connectivity index (χ0n) is 16.6. The molecule has 0 saturated carbocycles. The summed E-state index contributed by atoms with van der Waals surface area (Å²) in [5, 5.41) is 14.6. The second kappa shape index (κ2) is 11.1. The number of amides is 2. The SMILES string of the molecule is C=CCn1c(CC(=O)Nc2ccccc2F)nnc1SCC(=O)Nc1cc(Cl)ccc1Cl. The molecule has 0 spiro atoms. The molecule has 0 unspecified atom stereocenters. The van der Waals surface area contributed by atoms with Gasteiger partial charge in [0.1, 0.15) is 11.6 Å². The maximum absolute atomic E-state index is 13.8. The van der Waals surface area contributed by atoms with Crippen LogP contribution in [0.15, 0.2) is 60.3 Å². The van der Waals surface area contributed by atoms with Crippen molar-refractivity contribution >= 4 is 58.2 Å². The Kier molecular flexibility index (Phi) is 8.26. The second-order valence-corrected chi connectivity index (χ2v) is 8.25. The molecule has 166 valence electrons. The van der Waals surface area contributed by atoms with Crippen LogP contribution in [0.25, 0.3) is 0 Å². The summed E-state index contributed by atoms with van der Waals surface area (Å²) in [5.74, 6) is -0.904. The van der Waals surface area contributed by atoms with Crippen LogP contribution in [-0.4, -0.2) is 32.3 Å². The van der Waals surface area contributed by atoms with Gasteiger partial charge in [0.05, 0.1) is 28.6 Å². The van der Waals surface area contributed by atoms with Crippen LogP contribution < -0.4 is 10.6 Å². The Morgan fingerprint density at radius 2 is 1.84 bits per heavy atom. The molecule has 0 saturated heterocycles. The number of thioether (sulfide) groups is 1. The predicted molar refractivity (Wildman–Crippen MR) is 125 cm³/mol. The van der Waals surface area contributed by atoms with E-state index in [4.69, 9.17) is 23.2 Å². The summed E-state index contributed by atoms with van der Waals surface area (Å²) in [6, 6.07) is 10.6. The number of benzene rings is 2. The third-order valence-corrected chi connectivity index (χ3v) is 5.64. The molecule has 11 heteroatoms. The van der Waals surface area contributed by atoms with Gasteiger partial charge >= 0.3 is 0 Å². The quantitative estimate of drug-likeness (QED) is 0.329. The molecule has 2 amide bonds. The molecule has 2 aromatic carbocycles. The lowest BCUT2D eigenvalue weighted by Gasteiger charge is -2.09. The summed E-state index contributed by atoms with van der Waals surface area (Å²) in [6.07, 6.45) is 1.50. The molecule has 0 bridgehead atoms. The van der Waals surface area contributed by atoms with Crippen molar-refractivity contribution in [2.24, 2.45) is 0 Å². The van der Waals surface area contributed by atoms with E-state index < -0.39 is 11.7 Å². The fourth-order valence-corrected chi connectivity index (χ4v) is 3.78. The maximum atomic E-state index is 13.8. The average Bonchev–Trinajstić information content (AvgIpc) is 3.12. The number of anilines is 2. The predicted octanol–water partition coefficient (Wildman–Crippen LogP) is 4.82. The minimum absolute atomic E-state index is 0.0273. The molecule has 7 nitrogen and oxygen atoms in total. The van der Waals surface area contributed by atoms with Crippen molar-refractivity contribution in [1.29, 1.82) is 0 Å². The fourth-order valence-electron chi connectivity index (χ4n) is 2.68. The van der Waals surface area contributed by atoms with Crippen LogP contribution in [0.2, 0.25) is 10.0 Å². The summed E-state index contributed by atoms with van der Waals surface area (Å²) < 4.78 is 15.4. The van der Waals surface area contributed by atoms with E-state index in [9.17, 15) is 14.0 Å². The molecule has 0 atom stereocenters. The molecule has 0 fully saturated rings. The number of hydrogen-bond donors (Lipinski definition) is 2. The van der Waals surface area contributed by atoms with Gasteiger partial charge in [0.15, 0.2) is 5.16 Å². The highest BCUT2D eigenvalue weighted by Gasteiger charge is 2.17. The van der Waals surface area contributed by atoms with Crippen molar-refractivity contribution in [2.75, 3.05) is 16.4 Å². The number of aromatic nitrogens is 3. The van der Waals surface area contributed by atoms with E-state index in [1.165, 1.54) is 18.2 Å². The number of carbonyl (C=O) groups is 2. The molecule has 0 radical (unpaired) electrons. The Bertz CT molecular complexity index is 1150. The number of para-hydroxylation sites is 1. The van der Waals surface area contributed by atoms with E-state index in [1.807, 2.05) is 0 Å². The molecule has 0 aliphatic carbocycles. The van der Waals surface area contributed by atoms with Gasteiger partial charge in [-0.05, 0) is 30.3 Å². The van der Waals surface area contributed by atoms with Gasteiger partial charge in [-0.25, -0.2) is 4.39 Å². The van der Waals surface area contributed by atoms with Crippen molar-refractivity contribution < 1.29 is 14.0 Å². The number of carbonyl (C=O) groups excluding carboxylic acids is 2. The van der Waals surface area contributed by atoms with Crippen LogP contribution in [0.1, 0.15) is 5.82 Å². The number of hydrogen-bond acceptors (Lipinski definition) is 5. The third-order valence-electron chi connectivity index (χ3n) is 4.11. The van der Waals surface area contributed by atoms with Gasteiger partial charge < -0.3 is 15.2 Å². The topological polar surface area (TPSA) is 88.9 Å². The maximum Gasteiger partial charge on any atom is 0.234 e. The molecular formula is C21H18Cl2FN5O2S. The van der Waals surface area contributed by atoms with Crippen LogP contribution in [0.3, 0.4) is 0 Å². The van der Waals surface area contributed by atoms with Crippen molar-refractivity contribution in [1.82, 2.24) is 14.8 Å². The fraction of sp³-hybridized carbons (Fsp3) is 0.143. The van der Waals surface area contributed by atoms with E-state index >= 15 is 0 Å². The smallest absolute Gasteiger partial charge is 0.234 e.